The van der Waals surface area contributed by atoms with E-state index in [9.17, 15) is 13.2 Å². The van der Waals surface area contributed by atoms with Crippen LogP contribution >= 0.6 is 0 Å². The highest BCUT2D eigenvalue weighted by Gasteiger charge is 2.35. The van der Waals surface area contributed by atoms with E-state index in [0.717, 1.165) is 48.6 Å². The van der Waals surface area contributed by atoms with Gasteiger partial charge in [0.15, 0.2) is 17.5 Å². The van der Waals surface area contributed by atoms with Crippen molar-refractivity contribution in [3.05, 3.63) is 35.1 Å². The summed E-state index contributed by atoms with van der Waals surface area (Å²) in [7, 11) is 0. The Balaban J connectivity index is 0.00000160. The smallest absolute Gasteiger partial charge is 0.194 e. The van der Waals surface area contributed by atoms with E-state index in [-0.39, 0.29) is 8.96 Å². The van der Waals surface area contributed by atoms with E-state index in [1.807, 2.05) is 0 Å². The molecule has 1 heterocycles. The predicted octanol–water partition coefficient (Wildman–Crippen LogP) is 7.70. The molecule has 1 nitrogen and oxygen atoms in total. The highest BCUT2D eigenvalue weighted by atomic mass is 19.2. The Kier molecular flexibility index (Phi) is 6.34. The minimum atomic E-state index is -1.40. The van der Waals surface area contributed by atoms with Gasteiger partial charge in [0.25, 0.3) is 0 Å². The molecule has 1 saturated heterocycles. The lowest BCUT2D eigenvalue weighted by molar-refractivity contribution is -0.0423. The molecule has 2 unspecified atom stereocenters. The highest BCUT2D eigenvalue weighted by Crippen LogP contribution is 2.45. The molecule has 0 spiro atoms. The van der Waals surface area contributed by atoms with Crippen LogP contribution in [0.1, 0.15) is 85.7 Å². The average molecular weight is 399 g/mol. The van der Waals surface area contributed by atoms with Gasteiger partial charge in [-0.05, 0) is 98.7 Å². The number of benzene rings is 1. The van der Waals surface area contributed by atoms with Crippen molar-refractivity contribution >= 4 is 0 Å². The third-order valence-electron chi connectivity index (χ3n) is 7.90. The van der Waals surface area contributed by atoms with Crippen LogP contribution in [0.2, 0.25) is 0 Å². The van der Waals surface area contributed by atoms with Gasteiger partial charge in [-0.2, -0.15) is 0 Å². The van der Waals surface area contributed by atoms with Crippen LogP contribution in [0.25, 0.3) is 0 Å². The maximum absolute atomic E-state index is 13.5. The van der Waals surface area contributed by atoms with Gasteiger partial charge in [0, 0.05) is 2.85 Å². The van der Waals surface area contributed by atoms with Crippen LogP contribution in [0.15, 0.2) is 12.1 Å². The molecule has 0 radical (unpaired) electrons. The lowest BCUT2D eigenvalue weighted by atomic mass is 9.67. The summed E-state index contributed by atoms with van der Waals surface area (Å²) in [6, 6.07) is 2.17. The maximum atomic E-state index is 13.5. The summed E-state index contributed by atoms with van der Waals surface area (Å²) in [6.07, 6.45) is 12.5. The highest BCUT2D eigenvalue weighted by molar-refractivity contribution is 5.22. The van der Waals surface area contributed by atoms with E-state index in [4.69, 9.17) is 4.74 Å². The van der Waals surface area contributed by atoms with Gasteiger partial charge in [-0.25, -0.2) is 13.2 Å². The van der Waals surface area contributed by atoms with Gasteiger partial charge in [0.05, 0.1) is 12.7 Å². The first-order chi connectivity index (χ1) is 13.5. The Labute approximate surface area is 170 Å². The molecule has 1 aliphatic heterocycles. The summed E-state index contributed by atoms with van der Waals surface area (Å²) in [5.74, 6) is 0.413. The standard InChI is InChI=1S/C24H33F3O.2H2/c1-15-2-4-16(5-3-15)17-6-8-18(9-7-17)19-10-11-23(28-14-19)20-12-21(25)24(27)22(26)13-20;;/h12-13,15-19,23H,2-11,14H2,1H3;2*1H. The Bertz CT molecular complexity index is 639. The topological polar surface area (TPSA) is 9.23 Å². The van der Waals surface area contributed by atoms with Gasteiger partial charge in [0.1, 0.15) is 0 Å². The lowest BCUT2D eigenvalue weighted by Crippen LogP contribution is -2.32. The molecule has 3 aliphatic rings. The molecule has 4 rings (SSSR count). The fourth-order valence-electron chi connectivity index (χ4n) is 6.01. The van der Waals surface area contributed by atoms with Crippen LogP contribution in [-0.4, -0.2) is 6.61 Å². The predicted molar refractivity (Wildman–Crippen MR) is 109 cm³/mol. The second-order valence-electron chi connectivity index (χ2n) is 9.65. The van der Waals surface area contributed by atoms with Gasteiger partial charge in [0.2, 0.25) is 0 Å². The van der Waals surface area contributed by atoms with Crippen LogP contribution in [0.4, 0.5) is 13.2 Å². The number of rotatable bonds is 3. The van der Waals surface area contributed by atoms with Crippen molar-refractivity contribution < 1.29 is 20.8 Å². The number of hydrogen-bond donors (Lipinski definition) is 0. The summed E-state index contributed by atoms with van der Waals surface area (Å²) in [5, 5.41) is 0. The molecule has 160 valence electrons. The van der Waals surface area contributed by atoms with Crippen LogP contribution in [0, 0.1) is 47.0 Å². The second kappa shape index (κ2) is 8.77. The molecule has 2 aliphatic carbocycles. The fourth-order valence-corrected chi connectivity index (χ4v) is 6.01. The van der Waals surface area contributed by atoms with Gasteiger partial charge in [-0.3, -0.25) is 0 Å². The van der Waals surface area contributed by atoms with E-state index in [0.29, 0.717) is 18.1 Å². The molecule has 3 fully saturated rings. The van der Waals surface area contributed by atoms with Gasteiger partial charge in [-0.15, -0.1) is 0 Å². The normalized spacial score (nSPS) is 37.0. The van der Waals surface area contributed by atoms with Crippen LogP contribution in [0.3, 0.4) is 0 Å². The van der Waals surface area contributed by atoms with E-state index < -0.39 is 17.5 Å². The molecule has 2 saturated carbocycles. The second-order valence-corrected chi connectivity index (χ2v) is 9.65. The monoisotopic (exact) mass is 398 g/mol. The summed E-state index contributed by atoms with van der Waals surface area (Å²) < 4.78 is 46.2. The zero-order chi connectivity index (χ0) is 19.7. The Morgan fingerprint density at radius 1 is 0.714 bits per heavy atom. The molecule has 28 heavy (non-hydrogen) atoms. The molecule has 0 amide bonds. The van der Waals surface area contributed by atoms with E-state index in [1.165, 1.54) is 51.4 Å². The third-order valence-corrected chi connectivity index (χ3v) is 7.90. The lowest BCUT2D eigenvalue weighted by Gasteiger charge is -2.41. The molecule has 0 aromatic heterocycles. The van der Waals surface area contributed by atoms with Crippen molar-refractivity contribution in [3.8, 4) is 0 Å². The van der Waals surface area contributed by atoms with E-state index >= 15 is 0 Å². The van der Waals surface area contributed by atoms with E-state index in [1.54, 1.807) is 0 Å². The van der Waals surface area contributed by atoms with Crippen molar-refractivity contribution in [2.45, 2.75) is 77.2 Å². The number of halogens is 3. The fraction of sp³-hybridized carbons (Fsp3) is 0.750. The van der Waals surface area contributed by atoms with Crippen LogP contribution in [0.5, 0.6) is 0 Å². The Hall–Kier alpha value is -1.03. The zero-order valence-electron chi connectivity index (χ0n) is 16.9. The summed E-state index contributed by atoms with van der Waals surface area (Å²) in [6.45, 7) is 3.04. The Morgan fingerprint density at radius 3 is 1.68 bits per heavy atom. The molecule has 0 bridgehead atoms. The van der Waals surface area contributed by atoms with Crippen molar-refractivity contribution in [1.29, 1.82) is 0 Å². The number of ether oxygens (including phenoxy) is 1. The van der Waals surface area contributed by atoms with Gasteiger partial charge < -0.3 is 4.74 Å². The molecular weight excluding hydrogens is 361 g/mol. The van der Waals surface area contributed by atoms with Crippen molar-refractivity contribution in [1.82, 2.24) is 0 Å². The Morgan fingerprint density at radius 2 is 1.18 bits per heavy atom. The summed E-state index contributed by atoms with van der Waals surface area (Å²) in [4.78, 5) is 0. The molecule has 4 heteroatoms. The largest absolute Gasteiger partial charge is 0.373 e. The van der Waals surface area contributed by atoms with Crippen molar-refractivity contribution in [3.63, 3.8) is 0 Å². The summed E-state index contributed by atoms with van der Waals surface area (Å²) in [5.41, 5.74) is 0.421. The van der Waals surface area contributed by atoms with Crippen LogP contribution in [-0.2, 0) is 4.74 Å². The molecule has 1 aromatic carbocycles. The molecule has 0 N–H and O–H groups in total. The third kappa shape index (κ3) is 4.42. The number of hydrogen-bond acceptors (Lipinski definition) is 1. The average Bonchev–Trinajstić information content (AvgIpc) is 2.72. The van der Waals surface area contributed by atoms with Crippen LogP contribution < -0.4 is 0 Å². The molecule has 2 atom stereocenters. The molecule has 1 aromatic rings. The SMILES string of the molecule is CC1CCC(C2CCC(C3CCC(c4cc(F)c(F)c(F)c4)OC3)CC2)CC1.[HH].[HH]. The maximum Gasteiger partial charge on any atom is 0.194 e. The van der Waals surface area contributed by atoms with Crippen molar-refractivity contribution in [2.75, 3.05) is 6.61 Å². The van der Waals surface area contributed by atoms with Gasteiger partial charge >= 0.3 is 0 Å². The summed E-state index contributed by atoms with van der Waals surface area (Å²) >= 11 is 0. The molecular formula is C24H37F3O. The first kappa shape index (κ1) is 20.3. The quantitative estimate of drug-likeness (QED) is 0.474. The minimum Gasteiger partial charge on any atom is -0.373 e. The minimum absolute atomic E-state index is 0. The van der Waals surface area contributed by atoms with E-state index in [2.05, 4.69) is 6.92 Å². The zero-order valence-corrected chi connectivity index (χ0v) is 16.9. The first-order valence-electron chi connectivity index (χ1n) is 11.3. The first-order valence-corrected chi connectivity index (χ1v) is 11.3. The van der Waals surface area contributed by atoms with Gasteiger partial charge in [-0.1, -0.05) is 19.8 Å². The van der Waals surface area contributed by atoms with Crippen molar-refractivity contribution in [2.24, 2.45) is 29.6 Å².